The van der Waals surface area contributed by atoms with Crippen molar-refractivity contribution in [2.45, 2.75) is 77.8 Å². The van der Waals surface area contributed by atoms with E-state index in [0.29, 0.717) is 13.2 Å². The maximum Gasteiger partial charge on any atom is 0.0863 e. The fraction of sp³-hybridized carbons (Fsp3) is 0.467. The summed E-state index contributed by atoms with van der Waals surface area (Å²) in [5.74, 6) is 0. The zero-order valence-corrected chi connectivity index (χ0v) is 24.0. The largest absolute Gasteiger partial charge is 0.373 e. The molecule has 0 aliphatic rings. The van der Waals surface area contributed by atoms with Gasteiger partial charge in [-0.25, -0.2) is 0 Å². The summed E-state index contributed by atoms with van der Waals surface area (Å²) in [6.07, 6.45) is 4.83. The summed E-state index contributed by atoms with van der Waals surface area (Å²) >= 11 is 0. The first kappa shape index (κ1) is 27.6. The lowest BCUT2D eigenvalue weighted by molar-refractivity contribution is 0.194. The highest BCUT2D eigenvalue weighted by Gasteiger charge is 2.33. The van der Waals surface area contributed by atoms with Gasteiger partial charge in [0.2, 0.25) is 0 Å². The molecule has 0 saturated heterocycles. The van der Waals surface area contributed by atoms with Crippen molar-refractivity contribution in [3.63, 3.8) is 0 Å². The smallest absolute Gasteiger partial charge is 0.0863 e. The second kappa shape index (κ2) is 13.9. The lowest BCUT2D eigenvalue weighted by atomic mass is 10.2. The Balaban J connectivity index is 2.28. The van der Waals surface area contributed by atoms with Crippen LogP contribution in [0.15, 0.2) is 72.8 Å². The maximum absolute atomic E-state index is 6.29. The third-order valence-electron chi connectivity index (χ3n) is 8.18. The minimum absolute atomic E-state index is 0.691. The minimum atomic E-state index is -1.50. The summed E-state index contributed by atoms with van der Waals surface area (Å²) in [4.78, 5) is 0. The molecule has 0 radical (unpaired) electrons. The summed E-state index contributed by atoms with van der Waals surface area (Å²) in [6.45, 7) is 15.7. The maximum atomic E-state index is 6.29. The average Bonchev–Trinajstić information content (AvgIpc) is 2.89. The van der Waals surface area contributed by atoms with Crippen LogP contribution in [0.1, 0.15) is 52.7 Å². The van der Waals surface area contributed by atoms with Gasteiger partial charge in [-0.3, -0.25) is 0 Å². The molecule has 0 aromatic heterocycles. The van der Waals surface area contributed by atoms with Crippen molar-refractivity contribution in [2.75, 3.05) is 13.2 Å². The van der Waals surface area contributed by atoms with Crippen molar-refractivity contribution in [1.82, 2.24) is 0 Å². The Morgan fingerprint density at radius 2 is 0.848 bits per heavy atom. The van der Waals surface area contributed by atoms with E-state index >= 15 is 0 Å². The van der Waals surface area contributed by atoms with Crippen LogP contribution < -0.4 is 0 Å². The van der Waals surface area contributed by atoms with Gasteiger partial charge in [0.25, 0.3) is 0 Å². The molecule has 0 atom stereocenters. The molecule has 0 aliphatic carbocycles. The highest BCUT2D eigenvalue weighted by molar-refractivity contribution is 6.97. The highest BCUT2D eigenvalue weighted by atomic mass is 28.3. The Morgan fingerprint density at radius 1 is 0.545 bits per heavy atom. The van der Waals surface area contributed by atoms with Gasteiger partial charge in [0.1, 0.15) is 0 Å². The fourth-order valence-electron chi connectivity index (χ4n) is 5.51. The Kier molecular flexibility index (Phi) is 11.6. The van der Waals surface area contributed by atoms with E-state index in [1.165, 1.54) is 47.4 Å². The van der Waals surface area contributed by atoms with Gasteiger partial charge in [0, 0.05) is 0 Å². The summed E-state index contributed by atoms with van der Waals surface area (Å²) < 4.78 is 6.29. The molecule has 2 aromatic rings. The molecule has 0 amide bonds. The summed E-state index contributed by atoms with van der Waals surface area (Å²) in [5, 5.41) is 3.17. The van der Waals surface area contributed by atoms with Crippen LogP contribution in [0.2, 0.25) is 36.3 Å². The lowest BCUT2D eigenvalue weighted by Crippen LogP contribution is -2.34. The van der Waals surface area contributed by atoms with Gasteiger partial charge in [-0.15, -0.1) is 0 Å². The number of benzene rings is 2. The van der Waals surface area contributed by atoms with E-state index in [1.807, 2.05) is 0 Å². The first-order valence-corrected chi connectivity index (χ1v) is 18.4. The normalized spacial score (nSPS) is 13.4. The molecule has 3 heteroatoms. The Morgan fingerprint density at radius 3 is 1.12 bits per heavy atom. The van der Waals surface area contributed by atoms with E-state index in [4.69, 9.17) is 4.74 Å². The fourth-order valence-corrected chi connectivity index (χ4v) is 13.4. The quantitative estimate of drug-likeness (QED) is 0.194. The standard InChI is InChI=1S/C30H46OSi2/c1-7-32(8-2,9-3)29(27-19-15-13-16-20-27)23-25-31-26-24-30(28-21-17-14-18-22-28)33(10-4,11-5)12-6/h13-24H,7-12,25-26H2,1-6H3. The third-order valence-corrected chi connectivity index (χ3v) is 19.6. The first-order valence-electron chi connectivity index (χ1n) is 13.2. The number of hydrogen-bond acceptors (Lipinski definition) is 1. The topological polar surface area (TPSA) is 9.23 Å². The van der Waals surface area contributed by atoms with E-state index in [-0.39, 0.29) is 0 Å². The molecular formula is C30H46OSi2. The highest BCUT2D eigenvalue weighted by Crippen LogP contribution is 2.36. The molecule has 33 heavy (non-hydrogen) atoms. The van der Waals surface area contributed by atoms with Gasteiger partial charge in [-0.2, -0.15) is 0 Å². The molecule has 0 unspecified atom stereocenters. The van der Waals surface area contributed by atoms with Crippen LogP contribution in [0, 0.1) is 0 Å². The van der Waals surface area contributed by atoms with Gasteiger partial charge in [-0.05, 0) is 11.1 Å². The molecule has 2 aromatic carbocycles. The predicted octanol–water partition coefficient (Wildman–Crippen LogP) is 9.27. The Labute approximate surface area is 206 Å². The zero-order valence-electron chi connectivity index (χ0n) is 22.0. The van der Waals surface area contributed by atoms with Crippen molar-refractivity contribution >= 4 is 26.5 Å². The van der Waals surface area contributed by atoms with Gasteiger partial charge in [0.05, 0.1) is 29.4 Å². The second-order valence-corrected chi connectivity index (χ2v) is 19.6. The van der Waals surface area contributed by atoms with Crippen molar-refractivity contribution in [1.29, 1.82) is 0 Å². The molecule has 0 heterocycles. The molecule has 2 rings (SSSR count). The van der Waals surface area contributed by atoms with Crippen LogP contribution >= 0.6 is 0 Å². The molecular weight excluding hydrogens is 433 g/mol. The monoisotopic (exact) mass is 478 g/mol. The summed E-state index contributed by atoms with van der Waals surface area (Å²) in [6, 6.07) is 29.8. The number of ether oxygens (including phenoxy) is 1. The molecule has 0 N–H and O–H groups in total. The van der Waals surface area contributed by atoms with Crippen LogP contribution in [0.5, 0.6) is 0 Å². The molecule has 0 saturated carbocycles. The van der Waals surface area contributed by atoms with Crippen LogP contribution in [0.4, 0.5) is 0 Å². The van der Waals surface area contributed by atoms with Gasteiger partial charge < -0.3 is 4.74 Å². The molecule has 0 fully saturated rings. The predicted molar refractivity (Wildman–Crippen MR) is 154 cm³/mol. The van der Waals surface area contributed by atoms with Gasteiger partial charge in [-0.1, -0.05) is 161 Å². The molecule has 0 aliphatic heterocycles. The molecule has 0 bridgehead atoms. The van der Waals surface area contributed by atoms with Crippen molar-refractivity contribution in [3.8, 4) is 0 Å². The third kappa shape index (κ3) is 6.68. The second-order valence-electron chi connectivity index (χ2n) is 9.19. The number of rotatable bonds is 14. The molecule has 180 valence electrons. The van der Waals surface area contributed by atoms with E-state index in [0.717, 1.165) is 0 Å². The van der Waals surface area contributed by atoms with E-state index < -0.39 is 16.1 Å². The van der Waals surface area contributed by atoms with Crippen molar-refractivity contribution in [2.24, 2.45) is 0 Å². The minimum Gasteiger partial charge on any atom is -0.373 e. The first-order chi connectivity index (χ1) is 16.1. The summed E-state index contributed by atoms with van der Waals surface area (Å²) in [5.41, 5.74) is 2.79. The van der Waals surface area contributed by atoms with E-state index in [1.54, 1.807) is 10.4 Å². The van der Waals surface area contributed by atoms with Crippen molar-refractivity contribution in [3.05, 3.63) is 83.9 Å². The van der Waals surface area contributed by atoms with Crippen LogP contribution in [-0.2, 0) is 4.74 Å². The van der Waals surface area contributed by atoms with E-state index in [2.05, 4.69) is 114 Å². The van der Waals surface area contributed by atoms with Crippen molar-refractivity contribution < 1.29 is 4.74 Å². The average molecular weight is 479 g/mol. The van der Waals surface area contributed by atoms with E-state index in [9.17, 15) is 0 Å². The van der Waals surface area contributed by atoms with Crippen LogP contribution in [0.25, 0.3) is 10.4 Å². The zero-order chi connectivity index (χ0) is 24.2. The number of hydrogen-bond donors (Lipinski definition) is 0. The Bertz CT molecular complexity index is 773. The van der Waals surface area contributed by atoms with Crippen LogP contribution in [0.3, 0.4) is 0 Å². The lowest BCUT2D eigenvalue weighted by Gasteiger charge is -2.32. The van der Waals surface area contributed by atoms with Gasteiger partial charge >= 0.3 is 0 Å². The van der Waals surface area contributed by atoms with Crippen LogP contribution in [-0.4, -0.2) is 29.4 Å². The molecule has 1 nitrogen and oxygen atoms in total. The molecule has 0 spiro atoms. The Hall–Kier alpha value is -1.69. The SMILES string of the molecule is CC[Si](CC)(CC)C(=CCOCC=C(c1ccccc1)[Si](CC)(CC)CC)c1ccccc1. The summed E-state index contributed by atoms with van der Waals surface area (Å²) in [7, 11) is -2.99. The van der Waals surface area contributed by atoms with Gasteiger partial charge in [0.15, 0.2) is 0 Å².